The highest BCUT2D eigenvalue weighted by Gasteiger charge is 2.41. The van der Waals surface area contributed by atoms with Crippen LogP contribution in [0.3, 0.4) is 0 Å². The molecule has 98 valence electrons. The van der Waals surface area contributed by atoms with Crippen molar-refractivity contribution in [3.05, 3.63) is 24.3 Å². The largest absolute Gasteiger partial charge is 0.399 e. The normalized spacial score (nSPS) is 31.9. The van der Waals surface area contributed by atoms with E-state index >= 15 is 0 Å². The van der Waals surface area contributed by atoms with Crippen molar-refractivity contribution in [3.8, 4) is 0 Å². The molecule has 2 fully saturated rings. The van der Waals surface area contributed by atoms with Gasteiger partial charge in [0.1, 0.15) is 0 Å². The van der Waals surface area contributed by atoms with Crippen LogP contribution in [0.4, 0.5) is 5.69 Å². The van der Waals surface area contributed by atoms with E-state index in [1.165, 1.54) is 4.90 Å². The van der Waals surface area contributed by atoms with Crippen LogP contribution in [-0.4, -0.2) is 30.7 Å². The van der Waals surface area contributed by atoms with E-state index in [1.54, 1.807) is 0 Å². The van der Waals surface area contributed by atoms with Crippen molar-refractivity contribution in [1.82, 2.24) is 0 Å². The molecule has 3 nitrogen and oxygen atoms in total. The Morgan fingerprint density at radius 2 is 2.28 bits per heavy atom. The summed E-state index contributed by atoms with van der Waals surface area (Å²) in [7, 11) is 0. The molecule has 0 aromatic heterocycles. The van der Waals surface area contributed by atoms with Gasteiger partial charge in [-0.3, -0.25) is 0 Å². The maximum absolute atomic E-state index is 5.96. The van der Waals surface area contributed by atoms with Gasteiger partial charge in [-0.25, -0.2) is 0 Å². The maximum atomic E-state index is 5.96. The Bertz CT molecular complexity index is 418. The van der Waals surface area contributed by atoms with Gasteiger partial charge >= 0.3 is 0 Å². The summed E-state index contributed by atoms with van der Waals surface area (Å²) < 4.78 is 11.5. The van der Waals surface area contributed by atoms with Crippen molar-refractivity contribution < 1.29 is 9.47 Å². The molecule has 2 unspecified atom stereocenters. The van der Waals surface area contributed by atoms with Crippen LogP contribution in [-0.2, 0) is 9.47 Å². The molecule has 2 aliphatic heterocycles. The Morgan fingerprint density at radius 3 is 3.06 bits per heavy atom. The first-order chi connectivity index (χ1) is 8.76. The number of hydrogen-bond acceptors (Lipinski definition) is 4. The highest BCUT2D eigenvalue weighted by molar-refractivity contribution is 8.00. The standard InChI is InChI=1S/C14H19NO2S/c15-11-2-1-3-12(8-11)18-13-4-6-17-14(9-13)5-7-16-10-14/h1-3,8,13H,4-7,9-10,15H2. The number of thioether (sulfide) groups is 1. The molecule has 3 rings (SSSR count). The van der Waals surface area contributed by atoms with Gasteiger partial charge < -0.3 is 15.2 Å². The van der Waals surface area contributed by atoms with E-state index in [9.17, 15) is 0 Å². The quantitative estimate of drug-likeness (QED) is 0.835. The molecule has 0 amide bonds. The van der Waals surface area contributed by atoms with Crippen LogP contribution in [0.2, 0.25) is 0 Å². The zero-order chi connectivity index (χ0) is 12.4. The fraction of sp³-hybridized carbons (Fsp3) is 0.571. The molecule has 1 aromatic rings. The number of hydrogen-bond donors (Lipinski definition) is 1. The first-order valence-corrected chi connectivity index (χ1v) is 7.38. The van der Waals surface area contributed by atoms with E-state index in [0.29, 0.717) is 5.25 Å². The summed E-state index contributed by atoms with van der Waals surface area (Å²) in [4.78, 5) is 1.26. The van der Waals surface area contributed by atoms with Crippen molar-refractivity contribution in [2.24, 2.45) is 0 Å². The van der Waals surface area contributed by atoms with Gasteiger partial charge in [-0.2, -0.15) is 0 Å². The lowest BCUT2D eigenvalue weighted by Crippen LogP contribution is -2.41. The number of ether oxygens (including phenoxy) is 2. The molecular weight excluding hydrogens is 246 g/mol. The lowest BCUT2D eigenvalue weighted by atomic mass is 9.93. The minimum Gasteiger partial charge on any atom is -0.399 e. The van der Waals surface area contributed by atoms with Crippen LogP contribution in [0, 0.1) is 0 Å². The molecule has 1 spiro atoms. The summed E-state index contributed by atoms with van der Waals surface area (Å²) >= 11 is 1.92. The molecule has 0 aliphatic carbocycles. The van der Waals surface area contributed by atoms with Gasteiger partial charge in [0.05, 0.1) is 12.2 Å². The van der Waals surface area contributed by atoms with Crippen LogP contribution in [0.1, 0.15) is 19.3 Å². The van der Waals surface area contributed by atoms with Crippen molar-refractivity contribution in [2.45, 2.75) is 35.0 Å². The predicted molar refractivity (Wildman–Crippen MR) is 73.9 cm³/mol. The van der Waals surface area contributed by atoms with Crippen LogP contribution < -0.4 is 5.73 Å². The lowest BCUT2D eigenvalue weighted by molar-refractivity contribution is -0.0769. The third-order valence-electron chi connectivity index (χ3n) is 3.68. The first-order valence-electron chi connectivity index (χ1n) is 6.50. The molecule has 2 atom stereocenters. The molecule has 0 saturated carbocycles. The Hall–Kier alpha value is -0.710. The summed E-state index contributed by atoms with van der Waals surface area (Å²) in [6.07, 6.45) is 3.24. The molecule has 0 bridgehead atoms. The molecule has 1 aromatic carbocycles. The maximum Gasteiger partial charge on any atom is 0.0947 e. The molecule has 2 aliphatic rings. The zero-order valence-corrected chi connectivity index (χ0v) is 11.2. The molecule has 18 heavy (non-hydrogen) atoms. The smallest absolute Gasteiger partial charge is 0.0947 e. The average Bonchev–Trinajstić information content (AvgIpc) is 2.77. The number of anilines is 1. The SMILES string of the molecule is Nc1cccc(SC2CCOC3(CCOC3)C2)c1. The van der Waals surface area contributed by atoms with Gasteiger partial charge in [-0.05, 0) is 31.0 Å². The Morgan fingerprint density at radius 1 is 1.33 bits per heavy atom. The van der Waals surface area contributed by atoms with E-state index in [2.05, 4.69) is 12.1 Å². The van der Waals surface area contributed by atoms with Gasteiger partial charge in [0, 0.05) is 35.5 Å². The second-order valence-electron chi connectivity index (χ2n) is 5.14. The van der Waals surface area contributed by atoms with E-state index < -0.39 is 0 Å². The number of rotatable bonds is 2. The number of nitrogen functional groups attached to an aromatic ring is 1. The van der Waals surface area contributed by atoms with Crippen molar-refractivity contribution in [2.75, 3.05) is 25.6 Å². The Labute approximate surface area is 112 Å². The lowest BCUT2D eigenvalue weighted by Gasteiger charge is -2.36. The monoisotopic (exact) mass is 265 g/mol. The average molecular weight is 265 g/mol. The molecule has 2 saturated heterocycles. The van der Waals surface area contributed by atoms with Gasteiger partial charge in [0.25, 0.3) is 0 Å². The van der Waals surface area contributed by atoms with Gasteiger partial charge in [0.2, 0.25) is 0 Å². The second kappa shape index (κ2) is 5.11. The predicted octanol–water partition coefficient (Wildman–Crippen LogP) is 2.70. The van der Waals surface area contributed by atoms with Crippen LogP contribution >= 0.6 is 11.8 Å². The van der Waals surface area contributed by atoms with E-state index in [0.717, 1.165) is 44.8 Å². The third-order valence-corrected chi connectivity index (χ3v) is 4.94. The third kappa shape index (κ3) is 2.66. The fourth-order valence-corrected chi connectivity index (χ4v) is 4.07. The van der Waals surface area contributed by atoms with E-state index in [1.807, 2.05) is 23.9 Å². The van der Waals surface area contributed by atoms with Crippen molar-refractivity contribution in [1.29, 1.82) is 0 Å². The van der Waals surface area contributed by atoms with Crippen molar-refractivity contribution in [3.63, 3.8) is 0 Å². The summed E-state index contributed by atoms with van der Waals surface area (Å²) in [5.74, 6) is 0. The first kappa shape index (κ1) is 12.3. The van der Waals surface area contributed by atoms with E-state index in [4.69, 9.17) is 15.2 Å². The Balaban J connectivity index is 1.66. The topological polar surface area (TPSA) is 44.5 Å². The summed E-state index contributed by atoms with van der Waals surface area (Å²) in [6, 6.07) is 8.14. The van der Waals surface area contributed by atoms with Crippen molar-refractivity contribution >= 4 is 17.4 Å². The fourth-order valence-electron chi connectivity index (χ4n) is 2.73. The Kier molecular flexibility index (Phi) is 3.50. The minimum absolute atomic E-state index is 0.00373. The van der Waals surface area contributed by atoms with Crippen LogP contribution in [0.5, 0.6) is 0 Å². The van der Waals surface area contributed by atoms with Crippen LogP contribution in [0.25, 0.3) is 0 Å². The minimum atomic E-state index is -0.00373. The molecule has 0 radical (unpaired) electrons. The zero-order valence-electron chi connectivity index (χ0n) is 10.4. The highest BCUT2D eigenvalue weighted by Crippen LogP contribution is 2.40. The summed E-state index contributed by atoms with van der Waals surface area (Å²) in [6.45, 7) is 2.46. The second-order valence-corrected chi connectivity index (χ2v) is 6.51. The van der Waals surface area contributed by atoms with Crippen LogP contribution in [0.15, 0.2) is 29.2 Å². The molecule has 4 heteroatoms. The molecular formula is C14H19NO2S. The highest BCUT2D eigenvalue weighted by atomic mass is 32.2. The summed E-state index contributed by atoms with van der Waals surface area (Å²) in [5.41, 5.74) is 6.66. The summed E-state index contributed by atoms with van der Waals surface area (Å²) in [5, 5.41) is 0.613. The number of benzene rings is 1. The van der Waals surface area contributed by atoms with Gasteiger partial charge in [0.15, 0.2) is 0 Å². The molecule has 2 heterocycles. The number of nitrogens with two attached hydrogens (primary N) is 1. The van der Waals surface area contributed by atoms with Gasteiger partial charge in [-0.1, -0.05) is 6.07 Å². The van der Waals surface area contributed by atoms with Gasteiger partial charge in [-0.15, -0.1) is 11.8 Å². The molecule has 2 N–H and O–H groups in total. The van der Waals surface area contributed by atoms with E-state index in [-0.39, 0.29) is 5.60 Å².